The Hall–Kier alpha value is -1.32. The van der Waals surface area contributed by atoms with E-state index in [1.165, 1.54) is 25.7 Å². The highest BCUT2D eigenvalue weighted by Gasteiger charge is 2.36. The number of fused-ring (bicyclic) bond motifs is 1. The first-order valence-electron chi connectivity index (χ1n) is 7.54. The summed E-state index contributed by atoms with van der Waals surface area (Å²) in [5, 5.41) is 3.18. The van der Waals surface area contributed by atoms with Crippen LogP contribution in [0.2, 0.25) is 0 Å². The third-order valence-electron chi connectivity index (χ3n) is 5.12. The van der Waals surface area contributed by atoms with Crippen LogP contribution in [0.4, 0.5) is 0 Å². The summed E-state index contributed by atoms with van der Waals surface area (Å²) < 4.78 is 0. The van der Waals surface area contributed by atoms with E-state index in [0.717, 1.165) is 37.2 Å². The van der Waals surface area contributed by atoms with Crippen molar-refractivity contribution in [2.45, 2.75) is 57.8 Å². The maximum atomic E-state index is 12.4. The van der Waals surface area contributed by atoms with E-state index in [4.69, 9.17) is 0 Å². The third kappa shape index (κ3) is 2.28. The van der Waals surface area contributed by atoms with E-state index in [-0.39, 0.29) is 11.8 Å². The van der Waals surface area contributed by atoms with Crippen LogP contribution in [0.1, 0.15) is 62.8 Å². The zero-order chi connectivity index (χ0) is 13.3. The maximum absolute atomic E-state index is 12.4. The first kappa shape index (κ1) is 12.7. The Bertz CT molecular complexity index is 456. The van der Waals surface area contributed by atoms with Gasteiger partial charge in [-0.25, -0.2) is 4.98 Å². The summed E-state index contributed by atoms with van der Waals surface area (Å²) in [5.74, 6) is 0.136. The van der Waals surface area contributed by atoms with Crippen LogP contribution in [0.3, 0.4) is 0 Å². The molecule has 2 aliphatic carbocycles. The number of aryl methyl sites for hydroxylation is 1. The molecular weight excluding hydrogens is 238 g/mol. The zero-order valence-electron chi connectivity index (χ0n) is 11.7. The van der Waals surface area contributed by atoms with Gasteiger partial charge < -0.3 is 10.3 Å². The minimum atomic E-state index is -0.0380. The molecule has 0 spiro atoms. The maximum Gasteiger partial charge on any atom is 0.229 e. The van der Waals surface area contributed by atoms with Crippen LogP contribution in [0.5, 0.6) is 0 Å². The van der Waals surface area contributed by atoms with Gasteiger partial charge in [0, 0.05) is 12.2 Å². The van der Waals surface area contributed by atoms with Gasteiger partial charge in [0.2, 0.25) is 5.91 Å². The van der Waals surface area contributed by atoms with Crippen molar-refractivity contribution >= 4 is 5.91 Å². The van der Waals surface area contributed by atoms with Crippen molar-refractivity contribution in [1.82, 2.24) is 15.3 Å². The molecule has 0 aromatic carbocycles. The molecule has 0 radical (unpaired) electrons. The number of carbonyl (C=O) groups excluding carboxylic acids is 1. The molecule has 1 heterocycles. The quantitative estimate of drug-likeness (QED) is 0.875. The number of imidazole rings is 1. The summed E-state index contributed by atoms with van der Waals surface area (Å²) in [7, 11) is 0. The normalized spacial score (nSPS) is 24.4. The summed E-state index contributed by atoms with van der Waals surface area (Å²) in [5.41, 5.74) is 2.52. The Morgan fingerprint density at radius 1 is 1.53 bits per heavy atom. The Labute approximate surface area is 114 Å². The summed E-state index contributed by atoms with van der Waals surface area (Å²) in [6, 6.07) is 0. The fourth-order valence-electron chi connectivity index (χ4n) is 3.44. The molecule has 4 heteroatoms. The molecule has 2 N–H and O–H groups in total. The number of hydrogen-bond acceptors (Lipinski definition) is 2. The molecule has 2 aliphatic rings. The standard InChI is InChI=1S/C15H23N3O/c1-2-15(7-4-8-15)9-16-14(19)11-5-3-6-12-13(11)18-10-17-12/h10-11H,2-9H2,1H3,(H,16,19)(H,17,18). The van der Waals surface area contributed by atoms with Crippen molar-refractivity contribution in [3.05, 3.63) is 17.7 Å². The molecule has 1 fully saturated rings. The highest BCUT2D eigenvalue weighted by molar-refractivity contribution is 5.83. The SMILES string of the molecule is CCC1(CNC(=O)C2CCCc3[nH]cnc32)CCC1. The molecular formula is C15H23N3O. The number of hydrogen-bond donors (Lipinski definition) is 2. The second-order valence-electron chi connectivity index (χ2n) is 6.14. The van der Waals surface area contributed by atoms with Gasteiger partial charge in [-0.1, -0.05) is 13.3 Å². The number of carbonyl (C=O) groups is 1. The highest BCUT2D eigenvalue weighted by Crippen LogP contribution is 2.43. The van der Waals surface area contributed by atoms with E-state index < -0.39 is 0 Å². The topological polar surface area (TPSA) is 57.8 Å². The van der Waals surface area contributed by atoms with E-state index in [9.17, 15) is 4.79 Å². The van der Waals surface area contributed by atoms with Crippen LogP contribution >= 0.6 is 0 Å². The molecule has 1 amide bonds. The molecule has 4 nitrogen and oxygen atoms in total. The lowest BCUT2D eigenvalue weighted by Crippen LogP contribution is -2.43. The van der Waals surface area contributed by atoms with Crippen molar-refractivity contribution in [3.8, 4) is 0 Å². The van der Waals surface area contributed by atoms with Crippen LogP contribution in [0, 0.1) is 5.41 Å². The molecule has 0 bridgehead atoms. The average molecular weight is 261 g/mol. The Morgan fingerprint density at radius 3 is 3.05 bits per heavy atom. The van der Waals surface area contributed by atoms with Crippen LogP contribution < -0.4 is 5.32 Å². The first-order valence-corrected chi connectivity index (χ1v) is 7.54. The summed E-state index contributed by atoms with van der Waals surface area (Å²) in [6.45, 7) is 3.08. The van der Waals surface area contributed by atoms with E-state index in [0.29, 0.717) is 5.41 Å². The van der Waals surface area contributed by atoms with E-state index >= 15 is 0 Å². The molecule has 0 saturated heterocycles. The van der Waals surface area contributed by atoms with Gasteiger partial charge in [0.15, 0.2) is 0 Å². The Balaban J connectivity index is 1.63. The summed E-state index contributed by atoms with van der Waals surface area (Å²) in [4.78, 5) is 19.9. The smallest absolute Gasteiger partial charge is 0.229 e. The first-order chi connectivity index (χ1) is 9.24. The second kappa shape index (κ2) is 4.99. The number of H-pyrrole nitrogens is 1. The van der Waals surface area contributed by atoms with Crippen LogP contribution in [0.25, 0.3) is 0 Å². The number of aromatic amines is 1. The number of amides is 1. The number of rotatable bonds is 4. The summed E-state index contributed by atoms with van der Waals surface area (Å²) >= 11 is 0. The monoisotopic (exact) mass is 261 g/mol. The molecule has 1 aromatic rings. The van der Waals surface area contributed by atoms with Gasteiger partial charge in [-0.2, -0.15) is 0 Å². The molecule has 0 aliphatic heterocycles. The lowest BCUT2D eigenvalue weighted by Gasteiger charge is -2.41. The van der Waals surface area contributed by atoms with Gasteiger partial charge in [-0.15, -0.1) is 0 Å². The lowest BCUT2D eigenvalue weighted by atomic mass is 9.67. The molecule has 1 aromatic heterocycles. The molecule has 3 rings (SSSR count). The van der Waals surface area contributed by atoms with E-state index in [1.54, 1.807) is 6.33 Å². The summed E-state index contributed by atoms with van der Waals surface area (Å²) in [6.07, 6.45) is 9.77. The van der Waals surface area contributed by atoms with Gasteiger partial charge in [-0.3, -0.25) is 4.79 Å². The van der Waals surface area contributed by atoms with E-state index in [2.05, 4.69) is 22.2 Å². The van der Waals surface area contributed by atoms with Gasteiger partial charge in [0.25, 0.3) is 0 Å². The predicted molar refractivity (Wildman–Crippen MR) is 73.9 cm³/mol. The van der Waals surface area contributed by atoms with Crippen molar-refractivity contribution in [2.24, 2.45) is 5.41 Å². The number of nitrogens with zero attached hydrogens (tertiary/aromatic N) is 1. The molecule has 19 heavy (non-hydrogen) atoms. The number of aromatic nitrogens is 2. The second-order valence-corrected chi connectivity index (χ2v) is 6.14. The number of nitrogens with one attached hydrogen (secondary N) is 2. The fraction of sp³-hybridized carbons (Fsp3) is 0.733. The Morgan fingerprint density at radius 2 is 2.37 bits per heavy atom. The van der Waals surface area contributed by atoms with Gasteiger partial charge in [-0.05, 0) is 43.9 Å². The van der Waals surface area contributed by atoms with Gasteiger partial charge >= 0.3 is 0 Å². The predicted octanol–water partition coefficient (Wildman–Crippen LogP) is 2.53. The van der Waals surface area contributed by atoms with Crippen LogP contribution in [0.15, 0.2) is 6.33 Å². The minimum Gasteiger partial charge on any atom is -0.355 e. The molecule has 1 unspecified atom stereocenters. The van der Waals surface area contributed by atoms with Crippen LogP contribution in [-0.2, 0) is 11.2 Å². The average Bonchev–Trinajstić information content (AvgIpc) is 2.85. The zero-order valence-corrected chi connectivity index (χ0v) is 11.7. The molecule has 104 valence electrons. The lowest BCUT2D eigenvalue weighted by molar-refractivity contribution is -0.123. The molecule has 1 saturated carbocycles. The van der Waals surface area contributed by atoms with Crippen molar-refractivity contribution < 1.29 is 4.79 Å². The molecule has 1 atom stereocenters. The van der Waals surface area contributed by atoms with Crippen molar-refractivity contribution in [2.75, 3.05) is 6.54 Å². The van der Waals surface area contributed by atoms with Crippen molar-refractivity contribution in [3.63, 3.8) is 0 Å². The Kier molecular flexibility index (Phi) is 3.33. The third-order valence-corrected chi connectivity index (χ3v) is 5.12. The van der Waals surface area contributed by atoms with E-state index in [1.807, 2.05) is 0 Å². The van der Waals surface area contributed by atoms with Crippen LogP contribution in [-0.4, -0.2) is 22.4 Å². The van der Waals surface area contributed by atoms with Gasteiger partial charge in [0.05, 0.1) is 17.9 Å². The van der Waals surface area contributed by atoms with Crippen molar-refractivity contribution in [1.29, 1.82) is 0 Å². The van der Waals surface area contributed by atoms with Gasteiger partial charge in [0.1, 0.15) is 0 Å². The highest BCUT2D eigenvalue weighted by atomic mass is 16.1. The fourth-order valence-corrected chi connectivity index (χ4v) is 3.44. The largest absolute Gasteiger partial charge is 0.355 e. The minimum absolute atomic E-state index is 0.0380.